The standard InChI is InChI=1S/C18H26N2S/c1-2-8-18-15(6-1)17(9-12-21-18)20-11-4-5-14(13-20)16-7-3-10-19-16/h1-2,6,8,14,16-17,19H,3-5,7,9-13H2. The number of hydrogen-bond acceptors (Lipinski definition) is 3. The van der Waals surface area contributed by atoms with Crippen LogP contribution in [0.15, 0.2) is 29.2 Å². The third-order valence-corrected chi connectivity index (χ3v) is 6.65. The van der Waals surface area contributed by atoms with Crippen LogP contribution in [0.1, 0.15) is 43.7 Å². The second kappa shape index (κ2) is 6.31. The number of nitrogens with zero attached hydrogens (tertiary/aromatic N) is 1. The first-order valence-electron chi connectivity index (χ1n) is 8.61. The molecule has 1 aromatic rings. The normalized spacial score (nSPS) is 33.8. The molecule has 4 rings (SSSR count). The first-order chi connectivity index (χ1) is 10.4. The summed E-state index contributed by atoms with van der Waals surface area (Å²) in [7, 11) is 0. The second-order valence-electron chi connectivity index (χ2n) is 6.79. The molecule has 3 aliphatic heterocycles. The van der Waals surface area contributed by atoms with E-state index in [1.165, 1.54) is 62.4 Å². The lowest BCUT2D eigenvalue weighted by Gasteiger charge is -2.42. The summed E-state index contributed by atoms with van der Waals surface area (Å²) < 4.78 is 0. The van der Waals surface area contributed by atoms with Crippen LogP contribution in [0, 0.1) is 5.92 Å². The number of fused-ring (bicyclic) bond motifs is 1. The molecule has 21 heavy (non-hydrogen) atoms. The molecular formula is C18H26N2S. The Hall–Kier alpha value is -0.510. The maximum atomic E-state index is 3.74. The fraction of sp³-hybridized carbons (Fsp3) is 0.667. The van der Waals surface area contributed by atoms with Crippen LogP contribution < -0.4 is 5.32 Å². The summed E-state index contributed by atoms with van der Waals surface area (Å²) in [5.74, 6) is 2.16. The van der Waals surface area contributed by atoms with Gasteiger partial charge in [-0.1, -0.05) is 18.2 Å². The van der Waals surface area contributed by atoms with Crippen LogP contribution in [-0.2, 0) is 0 Å². The highest BCUT2D eigenvalue weighted by atomic mass is 32.2. The number of nitrogens with one attached hydrogen (secondary N) is 1. The highest BCUT2D eigenvalue weighted by Gasteiger charge is 2.33. The van der Waals surface area contributed by atoms with E-state index in [4.69, 9.17) is 0 Å². The molecule has 2 nitrogen and oxygen atoms in total. The molecule has 0 radical (unpaired) electrons. The van der Waals surface area contributed by atoms with Gasteiger partial charge in [0.15, 0.2) is 0 Å². The Morgan fingerprint density at radius 1 is 1.10 bits per heavy atom. The Morgan fingerprint density at radius 3 is 2.95 bits per heavy atom. The maximum absolute atomic E-state index is 3.74. The summed E-state index contributed by atoms with van der Waals surface area (Å²) in [4.78, 5) is 4.32. The third kappa shape index (κ3) is 2.88. The van der Waals surface area contributed by atoms with Gasteiger partial charge in [-0.3, -0.25) is 4.90 Å². The minimum absolute atomic E-state index is 0.673. The first-order valence-corrected chi connectivity index (χ1v) is 9.59. The van der Waals surface area contributed by atoms with Crippen molar-refractivity contribution in [1.29, 1.82) is 0 Å². The molecule has 0 aromatic heterocycles. The van der Waals surface area contributed by atoms with Crippen molar-refractivity contribution in [1.82, 2.24) is 10.2 Å². The molecule has 2 fully saturated rings. The average molecular weight is 302 g/mol. The molecule has 2 saturated heterocycles. The molecule has 1 aromatic carbocycles. The second-order valence-corrected chi connectivity index (χ2v) is 7.93. The number of thioether (sulfide) groups is 1. The predicted octanol–water partition coefficient (Wildman–Crippen LogP) is 3.69. The predicted molar refractivity (Wildman–Crippen MR) is 89.8 cm³/mol. The summed E-state index contributed by atoms with van der Waals surface area (Å²) in [6.45, 7) is 3.85. The smallest absolute Gasteiger partial charge is 0.0367 e. The molecule has 0 spiro atoms. The van der Waals surface area contributed by atoms with Crippen LogP contribution in [0.3, 0.4) is 0 Å². The highest BCUT2D eigenvalue weighted by molar-refractivity contribution is 7.99. The Balaban J connectivity index is 1.51. The van der Waals surface area contributed by atoms with Gasteiger partial charge in [0.2, 0.25) is 0 Å². The zero-order chi connectivity index (χ0) is 14.1. The Bertz CT molecular complexity index is 484. The molecule has 1 N–H and O–H groups in total. The summed E-state index contributed by atoms with van der Waals surface area (Å²) >= 11 is 2.04. The molecule has 3 atom stereocenters. The van der Waals surface area contributed by atoms with Gasteiger partial charge in [0.25, 0.3) is 0 Å². The lowest BCUT2D eigenvalue weighted by atomic mass is 9.88. The molecule has 3 aliphatic rings. The van der Waals surface area contributed by atoms with Crippen molar-refractivity contribution < 1.29 is 0 Å². The van der Waals surface area contributed by atoms with Gasteiger partial charge in [-0.05, 0) is 68.5 Å². The van der Waals surface area contributed by atoms with Crippen molar-refractivity contribution in [2.45, 2.75) is 49.1 Å². The molecule has 3 heterocycles. The Labute approximate surface area is 132 Å². The molecule has 114 valence electrons. The lowest BCUT2D eigenvalue weighted by molar-refractivity contribution is 0.103. The molecule has 3 heteroatoms. The molecule has 0 amide bonds. The van der Waals surface area contributed by atoms with Gasteiger partial charge in [0.1, 0.15) is 0 Å². The fourth-order valence-corrected chi connectivity index (χ4v) is 5.57. The van der Waals surface area contributed by atoms with Gasteiger partial charge < -0.3 is 5.32 Å². The zero-order valence-electron chi connectivity index (χ0n) is 12.8. The number of likely N-dealkylation sites (tertiary alicyclic amines) is 1. The van der Waals surface area contributed by atoms with Gasteiger partial charge in [0, 0.05) is 23.5 Å². The van der Waals surface area contributed by atoms with Crippen LogP contribution in [0.2, 0.25) is 0 Å². The molecule has 0 saturated carbocycles. The fourth-order valence-electron chi connectivity index (χ4n) is 4.47. The van der Waals surface area contributed by atoms with E-state index in [-0.39, 0.29) is 0 Å². The third-order valence-electron chi connectivity index (χ3n) is 5.52. The van der Waals surface area contributed by atoms with E-state index in [1.807, 2.05) is 11.8 Å². The number of hydrogen-bond donors (Lipinski definition) is 1. The summed E-state index contributed by atoms with van der Waals surface area (Å²) in [5.41, 5.74) is 1.59. The zero-order valence-corrected chi connectivity index (χ0v) is 13.6. The molecule has 0 aliphatic carbocycles. The van der Waals surface area contributed by atoms with Crippen molar-refractivity contribution in [3.63, 3.8) is 0 Å². The highest BCUT2D eigenvalue weighted by Crippen LogP contribution is 2.41. The summed E-state index contributed by atoms with van der Waals surface area (Å²) in [6.07, 6.45) is 6.91. The quantitative estimate of drug-likeness (QED) is 0.897. The number of rotatable bonds is 2. The van der Waals surface area contributed by atoms with Crippen LogP contribution in [0.5, 0.6) is 0 Å². The minimum atomic E-state index is 0.673. The van der Waals surface area contributed by atoms with Crippen molar-refractivity contribution in [3.05, 3.63) is 29.8 Å². The monoisotopic (exact) mass is 302 g/mol. The maximum Gasteiger partial charge on any atom is 0.0367 e. The number of benzene rings is 1. The number of piperidine rings is 1. The van der Waals surface area contributed by atoms with E-state index in [0.29, 0.717) is 6.04 Å². The lowest BCUT2D eigenvalue weighted by Crippen LogP contribution is -2.45. The van der Waals surface area contributed by atoms with Crippen LogP contribution in [0.25, 0.3) is 0 Å². The van der Waals surface area contributed by atoms with E-state index in [1.54, 1.807) is 5.56 Å². The summed E-state index contributed by atoms with van der Waals surface area (Å²) in [5, 5.41) is 3.74. The van der Waals surface area contributed by atoms with E-state index in [2.05, 4.69) is 34.5 Å². The average Bonchev–Trinajstić information content (AvgIpc) is 3.09. The van der Waals surface area contributed by atoms with Crippen LogP contribution in [-0.4, -0.2) is 36.3 Å². The van der Waals surface area contributed by atoms with E-state index in [9.17, 15) is 0 Å². The van der Waals surface area contributed by atoms with E-state index in [0.717, 1.165) is 12.0 Å². The minimum Gasteiger partial charge on any atom is -0.314 e. The van der Waals surface area contributed by atoms with E-state index >= 15 is 0 Å². The van der Waals surface area contributed by atoms with Crippen molar-refractivity contribution in [2.75, 3.05) is 25.4 Å². The van der Waals surface area contributed by atoms with Crippen LogP contribution >= 0.6 is 11.8 Å². The molecule has 0 bridgehead atoms. The van der Waals surface area contributed by atoms with Gasteiger partial charge in [-0.2, -0.15) is 0 Å². The van der Waals surface area contributed by atoms with Gasteiger partial charge in [-0.15, -0.1) is 11.8 Å². The molecular weight excluding hydrogens is 276 g/mol. The van der Waals surface area contributed by atoms with E-state index < -0.39 is 0 Å². The SMILES string of the molecule is c1ccc2c(c1)SCCC2N1CCCC(C2CCCN2)C1. The van der Waals surface area contributed by atoms with Gasteiger partial charge in [-0.25, -0.2) is 0 Å². The summed E-state index contributed by atoms with van der Waals surface area (Å²) in [6, 6.07) is 10.6. The van der Waals surface area contributed by atoms with Crippen molar-refractivity contribution in [2.24, 2.45) is 5.92 Å². The van der Waals surface area contributed by atoms with Gasteiger partial charge >= 0.3 is 0 Å². The topological polar surface area (TPSA) is 15.3 Å². The largest absolute Gasteiger partial charge is 0.314 e. The van der Waals surface area contributed by atoms with Gasteiger partial charge in [0.05, 0.1) is 0 Å². The Kier molecular flexibility index (Phi) is 4.24. The first kappa shape index (κ1) is 14.1. The van der Waals surface area contributed by atoms with Crippen molar-refractivity contribution >= 4 is 11.8 Å². The van der Waals surface area contributed by atoms with Crippen LogP contribution in [0.4, 0.5) is 0 Å². The Morgan fingerprint density at radius 2 is 2.05 bits per heavy atom. The van der Waals surface area contributed by atoms with Crippen molar-refractivity contribution in [3.8, 4) is 0 Å². The molecule has 3 unspecified atom stereocenters.